The lowest BCUT2D eigenvalue weighted by molar-refractivity contribution is 0.0615. The molecule has 0 N–H and O–H groups in total. The SMILES string of the molecule is O=NCc1ccc(C2CCN(Cc3ccccc3)CCO2)cc1. The maximum absolute atomic E-state index is 10.3. The maximum atomic E-state index is 10.3. The van der Waals surface area contributed by atoms with Crippen molar-refractivity contribution in [1.82, 2.24) is 4.90 Å². The Morgan fingerprint density at radius 1 is 1.00 bits per heavy atom. The lowest BCUT2D eigenvalue weighted by Crippen LogP contribution is -2.25. The van der Waals surface area contributed by atoms with Gasteiger partial charge in [-0.3, -0.25) is 4.90 Å². The topological polar surface area (TPSA) is 41.9 Å². The van der Waals surface area contributed by atoms with Gasteiger partial charge in [0.2, 0.25) is 0 Å². The second-order valence-electron chi connectivity index (χ2n) is 5.94. The summed E-state index contributed by atoms with van der Waals surface area (Å²) in [6.07, 6.45) is 1.12. The van der Waals surface area contributed by atoms with Gasteiger partial charge >= 0.3 is 0 Å². The van der Waals surface area contributed by atoms with Crippen LogP contribution >= 0.6 is 0 Å². The fourth-order valence-electron chi connectivity index (χ4n) is 2.99. The highest BCUT2D eigenvalue weighted by atomic mass is 16.5. The van der Waals surface area contributed by atoms with Crippen LogP contribution in [0.15, 0.2) is 59.8 Å². The zero-order chi connectivity index (χ0) is 15.9. The summed E-state index contributed by atoms with van der Waals surface area (Å²) in [5.41, 5.74) is 3.47. The summed E-state index contributed by atoms with van der Waals surface area (Å²) in [5.74, 6) is 0. The van der Waals surface area contributed by atoms with Crippen LogP contribution in [0.1, 0.15) is 29.2 Å². The van der Waals surface area contributed by atoms with Crippen molar-refractivity contribution < 1.29 is 4.74 Å². The molecule has 0 saturated carbocycles. The first-order valence-electron chi connectivity index (χ1n) is 8.11. The molecule has 0 spiro atoms. The van der Waals surface area contributed by atoms with Crippen molar-refractivity contribution in [1.29, 1.82) is 0 Å². The fourth-order valence-corrected chi connectivity index (χ4v) is 2.99. The van der Waals surface area contributed by atoms with Crippen molar-refractivity contribution in [3.63, 3.8) is 0 Å². The third-order valence-electron chi connectivity index (χ3n) is 4.28. The van der Waals surface area contributed by atoms with Crippen LogP contribution in [-0.4, -0.2) is 24.6 Å². The molecule has 1 heterocycles. The first kappa shape index (κ1) is 15.8. The summed E-state index contributed by atoms with van der Waals surface area (Å²) in [5, 5.41) is 2.92. The highest BCUT2D eigenvalue weighted by molar-refractivity contribution is 5.24. The van der Waals surface area contributed by atoms with Gasteiger partial charge in [-0.2, -0.15) is 4.91 Å². The van der Waals surface area contributed by atoms with Crippen LogP contribution < -0.4 is 0 Å². The number of ether oxygens (including phenoxy) is 1. The predicted molar refractivity (Wildman–Crippen MR) is 91.0 cm³/mol. The Labute approximate surface area is 137 Å². The zero-order valence-electron chi connectivity index (χ0n) is 13.2. The smallest absolute Gasteiger partial charge is 0.106 e. The Bertz CT molecular complexity index is 613. The molecule has 2 aromatic carbocycles. The summed E-state index contributed by atoms with van der Waals surface area (Å²) in [7, 11) is 0. The van der Waals surface area contributed by atoms with E-state index in [0.717, 1.165) is 38.2 Å². The minimum Gasteiger partial charge on any atom is -0.372 e. The number of benzene rings is 2. The van der Waals surface area contributed by atoms with Crippen molar-refractivity contribution in [3.05, 3.63) is 76.2 Å². The van der Waals surface area contributed by atoms with Gasteiger partial charge in [0.1, 0.15) is 6.54 Å². The monoisotopic (exact) mass is 310 g/mol. The predicted octanol–water partition coefficient (Wildman–Crippen LogP) is 3.92. The van der Waals surface area contributed by atoms with Gasteiger partial charge in [-0.25, -0.2) is 0 Å². The highest BCUT2D eigenvalue weighted by Gasteiger charge is 2.19. The quantitative estimate of drug-likeness (QED) is 0.786. The largest absolute Gasteiger partial charge is 0.372 e. The molecular formula is C19H22N2O2. The van der Waals surface area contributed by atoms with E-state index >= 15 is 0 Å². The molecule has 0 bridgehead atoms. The molecule has 0 aliphatic carbocycles. The second-order valence-corrected chi connectivity index (χ2v) is 5.94. The number of nitrogens with zero attached hydrogens (tertiary/aromatic N) is 2. The summed E-state index contributed by atoms with van der Waals surface area (Å²) in [6.45, 7) is 3.93. The molecule has 2 aromatic rings. The summed E-state index contributed by atoms with van der Waals surface area (Å²) >= 11 is 0. The molecule has 1 saturated heterocycles. The summed E-state index contributed by atoms with van der Waals surface area (Å²) in [4.78, 5) is 12.8. The van der Waals surface area contributed by atoms with E-state index in [1.54, 1.807) is 0 Å². The molecule has 1 unspecified atom stereocenters. The minimum absolute atomic E-state index is 0.133. The Kier molecular flexibility index (Phi) is 5.51. The highest BCUT2D eigenvalue weighted by Crippen LogP contribution is 2.25. The van der Waals surface area contributed by atoms with Crippen molar-refractivity contribution >= 4 is 0 Å². The maximum Gasteiger partial charge on any atom is 0.106 e. The molecule has 1 aliphatic rings. The van der Waals surface area contributed by atoms with E-state index in [0.29, 0.717) is 0 Å². The van der Waals surface area contributed by atoms with Gasteiger partial charge in [0.05, 0.1) is 12.7 Å². The molecular weight excluding hydrogens is 288 g/mol. The van der Waals surface area contributed by atoms with Crippen LogP contribution in [-0.2, 0) is 17.8 Å². The van der Waals surface area contributed by atoms with Gasteiger partial charge in [-0.1, -0.05) is 59.8 Å². The second kappa shape index (κ2) is 7.99. The Morgan fingerprint density at radius 2 is 1.78 bits per heavy atom. The first-order chi connectivity index (χ1) is 11.3. The van der Waals surface area contributed by atoms with E-state index in [1.165, 1.54) is 11.1 Å². The van der Waals surface area contributed by atoms with E-state index in [1.807, 2.05) is 12.1 Å². The Balaban J connectivity index is 1.58. The third-order valence-corrected chi connectivity index (χ3v) is 4.28. The van der Waals surface area contributed by atoms with Crippen LogP contribution in [0, 0.1) is 4.91 Å². The average Bonchev–Trinajstić information content (AvgIpc) is 2.83. The Hall–Kier alpha value is -2.04. The molecule has 1 fully saturated rings. The number of hydrogen-bond donors (Lipinski definition) is 0. The molecule has 3 rings (SSSR count). The van der Waals surface area contributed by atoms with Gasteiger partial charge in [-0.15, -0.1) is 0 Å². The number of rotatable bonds is 5. The zero-order valence-corrected chi connectivity index (χ0v) is 13.2. The first-order valence-corrected chi connectivity index (χ1v) is 8.11. The molecule has 1 atom stereocenters. The number of hydrogen-bond acceptors (Lipinski definition) is 4. The minimum atomic E-state index is 0.133. The normalized spacial score (nSPS) is 19.2. The van der Waals surface area contributed by atoms with Crippen molar-refractivity contribution in [2.24, 2.45) is 5.18 Å². The summed E-state index contributed by atoms with van der Waals surface area (Å²) in [6, 6.07) is 18.6. The molecule has 120 valence electrons. The molecule has 0 amide bonds. The van der Waals surface area contributed by atoms with E-state index < -0.39 is 0 Å². The van der Waals surface area contributed by atoms with Gasteiger partial charge in [0.25, 0.3) is 0 Å². The number of nitroso groups, excluding NO2 is 1. The van der Waals surface area contributed by atoms with Crippen molar-refractivity contribution in [2.45, 2.75) is 25.6 Å². The van der Waals surface area contributed by atoms with Crippen LogP contribution in [0.25, 0.3) is 0 Å². The standard InChI is InChI=1S/C19H22N2O2/c22-20-14-16-6-8-18(9-7-16)19-10-11-21(12-13-23-19)15-17-4-2-1-3-5-17/h1-9,19H,10-15H2. The van der Waals surface area contributed by atoms with E-state index in [9.17, 15) is 4.91 Å². The van der Waals surface area contributed by atoms with Gasteiger partial charge in [0.15, 0.2) is 0 Å². The van der Waals surface area contributed by atoms with Gasteiger partial charge in [-0.05, 0) is 23.1 Å². The van der Waals surface area contributed by atoms with E-state index in [-0.39, 0.29) is 12.6 Å². The van der Waals surface area contributed by atoms with E-state index in [2.05, 4.69) is 52.5 Å². The fraction of sp³-hybridized carbons (Fsp3) is 0.368. The lowest BCUT2D eigenvalue weighted by Gasteiger charge is -2.19. The molecule has 1 aliphatic heterocycles. The van der Waals surface area contributed by atoms with Gasteiger partial charge < -0.3 is 4.74 Å². The van der Waals surface area contributed by atoms with Crippen molar-refractivity contribution in [2.75, 3.05) is 19.7 Å². The van der Waals surface area contributed by atoms with Crippen LogP contribution in [0.4, 0.5) is 0 Å². The van der Waals surface area contributed by atoms with Crippen LogP contribution in [0.5, 0.6) is 0 Å². The van der Waals surface area contributed by atoms with Gasteiger partial charge in [0, 0.05) is 19.6 Å². The molecule has 0 radical (unpaired) electrons. The summed E-state index contributed by atoms with van der Waals surface area (Å²) < 4.78 is 6.03. The van der Waals surface area contributed by atoms with Crippen LogP contribution in [0.2, 0.25) is 0 Å². The molecule has 0 aromatic heterocycles. The Morgan fingerprint density at radius 3 is 2.52 bits per heavy atom. The average molecular weight is 310 g/mol. The lowest BCUT2D eigenvalue weighted by atomic mass is 10.0. The van der Waals surface area contributed by atoms with Crippen LogP contribution in [0.3, 0.4) is 0 Å². The molecule has 4 nitrogen and oxygen atoms in total. The molecule has 23 heavy (non-hydrogen) atoms. The van der Waals surface area contributed by atoms with E-state index in [4.69, 9.17) is 4.74 Å². The third kappa shape index (κ3) is 4.47. The van der Waals surface area contributed by atoms with Crippen molar-refractivity contribution in [3.8, 4) is 0 Å². The molecule has 4 heteroatoms.